The molecule has 0 amide bonds. The van der Waals surface area contributed by atoms with Crippen molar-refractivity contribution in [2.75, 3.05) is 26.3 Å². The Balaban J connectivity index is 2.14. The molecule has 0 aromatic heterocycles. The highest BCUT2D eigenvalue weighted by molar-refractivity contribution is 5.83. The van der Waals surface area contributed by atoms with Crippen LogP contribution >= 0.6 is 0 Å². The van der Waals surface area contributed by atoms with Crippen LogP contribution in [-0.4, -0.2) is 27.0 Å². The first-order chi connectivity index (χ1) is 12.9. The van der Waals surface area contributed by atoms with Gasteiger partial charge in [-0.1, -0.05) is 6.92 Å². The van der Waals surface area contributed by atoms with Crippen LogP contribution < -0.4 is 19.6 Å². The largest absolute Gasteiger partial charge is 0.493 e. The van der Waals surface area contributed by atoms with Gasteiger partial charge in [-0.15, -0.1) is 0 Å². The van der Waals surface area contributed by atoms with Gasteiger partial charge in [0.25, 0.3) is 0 Å². The average Bonchev–Trinajstić information content (AvgIpc) is 2.65. The minimum Gasteiger partial charge on any atom is -0.493 e. The molecule has 2 aromatic rings. The minimum atomic E-state index is -4.36. The Morgan fingerprint density at radius 3 is 2.11 bits per heavy atom. The van der Waals surface area contributed by atoms with Gasteiger partial charge in [-0.3, -0.25) is 5.43 Å². The Labute approximate surface area is 155 Å². The van der Waals surface area contributed by atoms with Gasteiger partial charge in [-0.25, -0.2) is 0 Å². The van der Waals surface area contributed by atoms with Crippen LogP contribution in [0.1, 0.15) is 24.5 Å². The second-order valence-corrected chi connectivity index (χ2v) is 5.55. The SMILES string of the molecule is CCCOc1c(OC)cc(C=NNc2ccc(C(F)(F)F)cc2)cc1OC. The quantitative estimate of drug-likeness (QED) is 0.518. The summed E-state index contributed by atoms with van der Waals surface area (Å²) in [6.07, 6.45) is -2.02. The fourth-order valence-corrected chi connectivity index (χ4v) is 2.24. The predicted octanol–water partition coefficient (Wildman–Crippen LogP) is 4.96. The number of nitrogens with zero attached hydrogens (tertiary/aromatic N) is 1. The molecule has 0 fully saturated rings. The van der Waals surface area contributed by atoms with Crippen molar-refractivity contribution in [3.8, 4) is 17.2 Å². The first kappa shape index (κ1) is 20.4. The molecule has 0 aliphatic heterocycles. The fraction of sp³-hybridized carbons (Fsp3) is 0.316. The summed E-state index contributed by atoms with van der Waals surface area (Å²) < 4.78 is 54.0. The van der Waals surface area contributed by atoms with Crippen molar-refractivity contribution in [3.63, 3.8) is 0 Å². The highest BCUT2D eigenvalue weighted by Gasteiger charge is 2.29. The summed E-state index contributed by atoms with van der Waals surface area (Å²) in [5.74, 6) is 1.51. The van der Waals surface area contributed by atoms with Gasteiger partial charge in [0, 0.05) is 5.56 Å². The zero-order chi connectivity index (χ0) is 19.9. The maximum absolute atomic E-state index is 12.6. The average molecular weight is 382 g/mol. The van der Waals surface area contributed by atoms with Gasteiger partial charge in [-0.2, -0.15) is 18.3 Å². The van der Waals surface area contributed by atoms with Gasteiger partial charge >= 0.3 is 6.18 Å². The first-order valence-corrected chi connectivity index (χ1v) is 8.24. The van der Waals surface area contributed by atoms with Crippen molar-refractivity contribution in [1.29, 1.82) is 0 Å². The molecule has 27 heavy (non-hydrogen) atoms. The lowest BCUT2D eigenvalue weighted by molar-refractivity contribution is -0.137. The third-order valence-corrected chi connectivity index (χ3v) is 3.55. The number of methoxy groups -OCH3 is 2. The Morgan fingerprint density at radius 1 is 1.04 bits per heavy atom. The van der Waals surface area contributed by atoms with Crippen LogP contribution in [0.25, 0.3) is 0 Å². The van der Waals surface area contributed by atoms with E-state index in [4.69, 9.17) is 14.2 Å². The normalized spacial score (nSPS) is 11.5. The molecule has 0 bridgehead atoms. The molecule has 146 valence electrons. The van der Waals surface area contributed by atoms with Gasteiger partial charge in [-0.05, 0) is 42.8 Å². The number of anilines is 1. The van der Waals surface area contributed by atoms with Gasteiger partial charge in [0.15, 0.2) is 11.5 Å². The molecular formula is C19H21F3N2O3. The van der Waals surface area contributed by atoms with Gasteiger partial charge in [0.1, 0.15) is 0 Å². The van der Waals surface area contributed by atoms with E-state index in [2.05, 4.69) is 10.5 Å². The molecule has 0 heterocycles. The number of nitrogens with one attached hydrogen (secondary N) is 1. The Morgan fingerprint density at radius 2 is 1.63 bits per heavy atom. The molecule has 0 saturated carbocycles. The molecule has 2 aromatic carbocycles. The number of alkyl halides is 3. The zero-order valence-corrected chi connectivity index (χ0v) is 15.3. The fourth-order valence-electron chi connectivity index (χ4n) is 2.24. The van der Waals surface area contributed by atoms with E-state index in [9.17, 15) is 13.2 Å². The minimum absolute atomic E-state index is 0.432. The molecule has 0 aliphatic carbocycles. The summed E-state index contributed by atoms with van der Waals surface area (Å²) in [4.78, 5) is 0. The summed E-state index contributed by atoms with van der Waals surface area (Å²) in [5, 5.41) is 4.04. The first-order valence-electron chi connectivity index (χ1n) is 8.24. The van der Waals surface area contributed by atoms with Crippen molar-refractivity contribution < 1.29 is 27.4 Å². The molecule has 0 radical (unpaired) electrons. The molecule has 0 saturated heterocycles. The van der Waals surface area contributed by atoms with Crippen LogP contribution in [0.3, 0.4) is 0 Å². The summed E-state index contributed by atoms with van der Waals surface area (Å²) in [6.45, 7) is 2.52. The molecule has 8 heteroatoms. The van der Waals surface area contributed by atoms with Gasteiger partial charge < -0.3 is 14.2 Å². The topological polar surface area (TPSA) is 52.1 Å². The second-order valence-electron chi connectivity index (χ2n) is 5.55. The van der Waals surface area contributed by atoms with Crippen LogP contribution in [0.2, 0.25) is 0 Å². The van der Waals surface area contributed by atoms with E-state index in [1.54, 1.807) is 12.1 Å². The number of hydrazone groups is 1. The van der Waals surface area contributed by atoms with Crippen LogP contribution in [0, 0.1) is 0 Å². The lowest BCUT2D eigenvalue weighted by Crippen LogP contribution is -2.04. The highest BCUT2D eigenvalue weighted by Crippen LogP contribution is 2.38. The Hall–Kier alpha value is -2.90. The van der Waals surface area contributed by atoms with Crippen LogP contribution in [0.15, 0.2) is 41.5 Å². The van der Waals surface area contributed by atoms with E-state index in [-0.39, 0.29) is 0 Å². The van der Waals surface area contributed by atoms with Crippen molar-refractivity contribution in [3.05, 3.63) is 47.5 Å². The zero-order valence-electron chi connectivity index (χ0n) is 15.3. The molecule has 0 spiro atoms. The van der Waals surface area contributed by atoms with Crippen molar-refractivity contribution in [1.82, 2.24) is 0 Å². The third-order valence-electron chi connectivity index (χ3n) is 3.55. The standard InChI is InChI=1S/C19H21F3N2O3/c1-4-9-27-18-16(25-2)10-13(11-17(18)26-3)12-23-24-15-7-5-14(6-8-15)19(20,21)22/h5-8,10-12,24H,4,9H2,1-3H3. The van der Waals surface area contributed by atoms with Crippen LogP contribution in [0.4, 0.5) is 18.9 Å². The molecule has 2 rings (SSSR count). The lowest BCUT2D eigenvalue weighted by Gasteiger charge is -2.14. The lowest BCUT2D eigenvalue weighted by atomic mass is 10.2. The van der Waals surface area contributed by atoms with Crippen molar-refractivity contribution >= 4 is 11.9 Å². The van der Waals surface area contributed by atoms with E-state index >= 15 is 0 Å². The number of hydrogen-bond acceptors (Lipinski definition) is 5. The predicted molar refractivity (Wildman–Crippen MR) is 98.0 cm³/mol. The highest BCUT2D eigenvalue weighted by atomic mass is 19.4. The van der Waals surface area contributed by atoms with Crippen molar-refractivity contribution in [2.45, 2.75) is 19.5 Å². The molecule has 5 nitrogen and oxygen atoms in total. The maximum atomic E-state index is 12.6. The Bertz CT molecular complexity index is 750. The van der Waals surface area contributed by atoms with E-state index < -0.39 is 11.7 Å². The molecule has 1 N–H and O–H groups in total. The number of halogens is 3. The maximum Gasteiger partial charge on any atom is 0.416 e. The van der Waals surface area contributed by atoms with Crippen molar-refractivity contribution in [2.24, 2.45) is 5.10 Å². The van der Waals surface area contributed by atoms with E-state index in [0.29, 0.717) is 35.1 Å². The molecular weight excluding hydrogens is 361 g/mol. The summed E-state index contributed by atoms with van der Waals surface area (Å²) in [6, 6.07) is 8.05. The van der Waals surface area contributed by atoms with Gasteiger partial charge in [0.05, 0.1) is 38.3 Å². The smallest absolute Gasteiger partial charge is 0.416 e. The summed E-state index contributed by atoms with van der Waals surface area (Å²) >= 11 is 0. The molecule has 0 atom stereocenters. The number of rotatable bonds is 8. The molecule has 0 aliphatic rings. The summed E-state index contributed by atoms with van der Waals surface area (Å²) in [5.41, 5.74) is 3.08. The number of benzene rings is 2. The number of ether oxygens (including phenoxy) is 3. The monoisotopic (exact) mass is 382 g/mol. The van der Waals surface area contributed by atoms with Crippen LogP contribution in [0.5, 0.6) is 17.2 Å². The number of hydrogen-bond donors (Lipinski definition) is 1. The van der Waals surface area contributed by atoms with E-state index in [1.165, 1.54) is 32.6 Å². The Kier molecular flexibility index (Phi) is 6.92. The van der Waals surface area contributed by atoms with Gasteiger partial charge in [0.2, 0.25) is 5.75 Å². The summed E-state index contributed by atoms with van der Waals surface area (Å²) in [7, 11) is 3.05. The van der Waals surface area contributed by atoms with Crippen LogP contribution in [-0.2, 0) is 6.18 Å². The molecule has 0 unspecified atom stereocenters. The second kappa shape index (κ2) is 9.16. The van der Waals surface area contributed by atoms with E-state index in [0.717, 1.165) is 18.6 Å². The van der Waals surface area contributed by atoms with E-state index in [1.807, 2.05) is 6.92 Å². The third kappa shape index (κ3) is 5.54.